The zero-order valence-electron chi connectivity index (χ0n) is 7.95. The van der Waals surface area contributed by atoms with Crippen LogP contribution in [0.3, 0.4) is 0 Å². The average Bonchev–Trinajstić information content (AvgIpc) is 2.62. The molecule has 1 heterocycles. The van der Waals surface area contributed by atoms with Gasteiger partial charge in [0, 0.05) is 12.6 Å². The smallest absolute Gasteiger partial charge is 0.254 e. The van der Waals surface area contributed by atoms with E-state index in [0.717, 1.165) is 6.54 Å². The van der Waals surface area contributed by atoms with Gasteiger partial charge in [-0.25, -0.2) is 4.98 Å². The predicted octanol–water partition coefficient (Wildman–Crippen LogP) is 2.09. The number of nitrogens with zero attached hydrogens (tertiary/aromatic N) is 2. The van der Waals surface area contributed by atoms with Crippen molar-refractivity contribution in [3.63, 3.8) is 0 Å². The van der Waals surface area contributed by atoms with Crippen molar-refractivity contribution in [1.82, 2.24) is 9.55 Å². The molecule has 76 valence electrons. The summed E-state index contributed by atoms with van der Waals surface area (Å²) in [5.41, 5.74) is -0.0445. The molecule has 0 N–H and O–H groups in total. The fraction of sp³-hybridized carbons (Fsp3) is 0.600. The lowest BCUT2D eigenvalue weighted by molar-refractivity contribution is 0.445. The molecule has 1 aromatic rings. The van der Waals surface area contributed by atoms with E-state index in [1.807, 2.05) is 0 Å². The first kappa shape index (κ1) is 9.71. The maximum atomic E-state index is 11.5. The summed E-state index contributed by atoms with van der Waals surface area (Å²) in [5, 5.41) is 0.276. The Hall–Kier alpha value is -0.830. The standard InChI is InChI=1S/C10H13ClN2O/c11-9-5-10(14)13(7-12-9)6-8-3-1-2-4-8/h5,7-8H,1-4,6H2. The van der Waals surface area contributed by atoms with Crippen molar-refractivity contribution >= 4 is 11.6 Å². The summed E-state index contributed by atoms with van der Waals surface area (Å²) in [6, 6.07) is 1.37. The van der Waals surface area contributed by atoms with E-state index in [4.69, 9.17) is 11.6 Å². The van der Waals surface area contributed by atoms with Crippen molar-refractivity contribution in [2.75, 3.05) is 0 Å². The number of hydrogen-bond acceptors (Lipinski definition) is 2. The first-order valence-electron chi connectivity index (χ1n) is 4.98. The molecule has 1 saturated carbocycles. The molecular weight excluding hydrogens is 200 g/mol. The normalized spacial score (nSPS) is 17.5. The van der Waals surface area contributed by atoms with Gasteiger partial charge in [0.15, 0.2) is 0 Å². The topological polar surface area (TPSA) is 34.9 Å². The maximum absolute atomic E-state index is 11.5. The van der Waals surface area contributed by atoms with Gasteiger partial charge < -0.3 is 0 Å². The van der Waals surface area contributed by atoms with Crippen molar-refractivity contribution in [3.05, 3.63) is 27.9 Å². The van der Waals surface area contributed by atoms with Crippen molar-refractivity contribution < 1.29 is 0 Å². The van der Waals surface area contributed by atoms with E-state index in [-0.39, 0.29) is 10.7 Å². The lowest BCUT2D eigenvalue weighted by Crippen LogP contribution is -2.22. The van der Waals surface area contributed by atoms with Gasteiger partial charge in [0.05, 0.1) is 6.33 Å². The number of aromatic nitrogens is 2. The van der Waals surface area contributed by atoms with E-state index in [1.54, 1.807) is 10.9 Å². The molecule has 0 amide bonds. The predicted molar refractivity (Wildman–Crippen MR) is 55.5 cm³/mol. The van der Waals surface area contributed by atoms with Crippen LogP contribution in [-0.4, -0.2) is 9.55 Å². The highest BCUT2D eigenvalue weighted by Gasteiger charge is 2.15. The van der Waals surface area contributed by atoms with Gasteiger partial charge in [0.2, 0.25) is 0 Å². The molecule has 14 heavy (non-hydrogen) atoms. The Morgan fingerprint density at radius 2 is 2.21 bits per heavy atom. The van der Waals surface area contributed by atoms with Gasteiger partial charge in [-0.1, -0.05) is 24.4 Å². The monoisotopic (exact) mass is 212 g/mol. The Labute approximate surface area is 87.7 Å². The first-order valence-corrected chi connectivity index (χ1v) is 5.35. The summed E-state index contributed by atoms with van der Waals surface area (Å²) in [7, 11) is 0. The Morgan fingerprint density at radius 3 is 2.86 bits per heavy atom. The third kappa shape index (κ3) is 2.15. The molecule has 0 radical (unpaired) electrons. The van der Waals surface area contributed by atoms with Gasteiger partial charge in [-0.15, -0.1) is 0 Å². The van der Waals surface area contributed by atoms with E-state index in [1.165, 1.54) is 31.7 Å². The lowest BCUT2D eigenvalue weighted by Gasteiger charge is -2.10. The average molecular weight is 213 g/mol. The van der Waals surface area contributed by atoms with Crippen LogP contribution in [0, 0.1) is 5.92 Å². The molecule has 0 aliphatic heterocycles. The van der Waals surface area contributed by atoms with Crippen LogP contribution < -0.4 is 5.56 Å². The fourth-order valence-corrected chi connectivity index (χ4v) is 2.15. The van der Waals surface area contributed by atoms with Crippen molar-refractivity contribution in [3.8, 4) is 0 Å². The third-order valence-corrected chi connectivity index (χ3v) is 2.98. The summed E-state index contributed by atoms with van der Waals surface area (Å²) >= 11 is 5.61. The minimum atomic E-state index is -0.0445. The summed E-state index contributed by atoms with van der Waals surface area (Å²) in [5.74, 6) is 0.649. The van der Waals surface area contributed by atoms with Crippen LogP contribution in [0.15, 0.2) is 17.2 Å². The van der Waals surface area contributed by atoms with Crippen LogP contribution >= 0.6 is 11.6 Å². The molecule has 0 bridgehead atoms. The number of halogens is 1. The lowest BCUT2D eigenvalue weighted by atomic mass is 10.1. The summed E-state index contributed by atoms with van der Waals surface area (Å²) in [4.78, 5) is 15.4. The summed E-state index contributed by atoms with van der Waals surface area (Å²) in [6.45, 7) is 0.795. The Kier molecular flexibility index (Phi) is 2.87. The Morgan fingerprint density at radius 1 is 1.50 bits per heavy atom. The molecule has 3 nitrogen and oxygen atoms in total. The minimum absolute atomic E-state index is 0.0445. The van der Waals surface area contributed by atoms with Crippen molar-refractivity contribution in [1.29, 1.82) is 0 Å². The van der Waals surface area contributed by atoms with E-state index in [9.17, 15) is 4.79 Å². The van der Waals surface area contributed by atoms with Crippen LogP contribution in [0.2, 0.25) is 5.15 Å². The van der Waals surface area contributed by atoms with Crippen LogP contribution in [0.4, 0.5) is 0 Å². The van der Waals surface area contributed by atoms with Gasteiger partial charge in [-0.2, -0.15) is 0 Å². The van der Waals surface area contributed by atoms with Gasteiger partial charge in [-0.3, -0.25) is 9.36 Å². The molecule has 1 fully saturated rings. The molecule has 0 spiro atoms. The highest BCUT2D eigenvalue weighted by atomic mass is 35.5. The van der Waals surface area contributed by atoms with E-state index < -0.39 is 0 Å². The van der Waals surface area contributed by atoms with Crippen LogP contribution in [0.5, 0.6) is 0 Å². The van der Waals surface area contributed by atoms with Crippen LogP contribution in [0.1, 0.15) is 25.7 Å². The van der Waals surface area contributed by atoms with Crippen LogP contribution in [-0.2, 0) is 6.54 Å². The van der Waals surface area contributed by atoms with E-state index >= 15 is 0 Å². The first-order chi connectivity index (χ1) is 6.75. The highest BCUT2D eigenvalue weighted by Crippen LogP contribution is 2.25. The van der Waals surface area contributed by atoms with Crippen molar-refractivity contribution in [2.24, 2.45) is 5.92 Å². The molecule has 1 aliphatic rings. The Bertz CT molecular complexity index is 369. The number of rotatable bonds is 2. The molecular formula is C10H13ClN2O. The van der Waals surface area contributed by atoms with Gasteiger partial charge >= 0.3 is 0 Å². The second-order valence-corrected chi connectivity index (χ2v) is 4.24. The number of hydrogen-bond donors (Lipinski definition) is 0. The quantitative estimate of drug-likeness (QED) is 0.704. The second-order valence-electron chi connectivity index (χ2n) is 3.85. The largest absolute Gasteiger partial charge is 0.299 e. The highest BCUT2D eigenvalue weighted by molar-refractivity contribution is 6.29. The fourth-order valence-electron chi connectivity index (χ4n) is 2.01. The minimum Gasteiger partial charge on any atom is -0.299 e. The summed E-state index contributed by atoms with van der Waals surface area (Å²) in [6.07, 6.45) is 6.59. The molecule has 4 heteroatoms. The zero-order chi connectivity index (χ0) is 9.97. The van der Waals surface area contributed by atoms with Crippen LogP contribution in [0.25, 0.3) is 0 Å². The molecule has 1 aliphatic carbocycles. The molecule has 0 aromatic carbocycles. The third-order valence-electron chi connectivity index (χ3n) is 2.78. The summed E-state index contributed by atoms with van der Waals surface area (Å²) < 4.78 is 1.65. The Balaban J connectivity index is 2.12. The maximum Gasteiger partial charge on any atom is 0.254 e. The van der Waals surface area contributed by atoms with E-state index in [2.05, 4.69) is 4.98 Å². The second kappa shape index (κ2) is 4.13. The molecule has 2 rings (SSSR count). The molecule has 1 aromatic heterocycles. The van der Waals surface area contributed by atoms with E-state index in [0.29, 0.717) is 5.92 Å². The molecule has 0 atom stereocenters. The zero-order valence-corrected chi connectivity index (χ0v) is 8.70. The molecule has 0 saturated heterocycles. The van der Waals surface area contributed by atoms with Gasteiger partial charge in [0.25, 0.3) is 5.56 Å². The van der Waals surface area contributed by atoms with Gasteiger partial charge in [-0.05, 0) is 18.8 Å². The molecule has 0 unspecified atom stereocenters. The SMILES string of the molecule is O=c1cc(Cl)ncn1CC1CCCC1. The van der Waals surface area contributed by atoms with Crippen molar-refractivity contribution in [2.45, 2.75) is 32.2 Å². The van der Waals surface area contributed by atoms with Gasteiger partial charge in [0.1, 0.15) is 5.15 Å².